The molecule has 4 fully saturated rings. The van der Waals surface area contributed by atoms with E-state index in [0.717, 1.165) is 61.2 Å². The van der Waals surface area contributed by atoms with Crippen molar-refractivity contribution in [1.29, 1.82) is 0 Å². The number of hydrogen-bond acceptors (Lipinski definition) is 19. The number of phosphoric acid groups is 3. The van der Waals surface area contributed by atoms with Gasteiger partial charge in [-0.1, -0.05) is 71.7 Å². The lowest BCUT2D eigenvalue weighted by Crippen LogP contribution is -2.50. The van der Waals surface area contributed by atoms with Crippen LogP contribution in [0.3, 0.4) is 0 Å². The summed E-state index contributed by atoms with van der Waals surface area (Å²) in [4.78, 5) is 102. The first-order valence-electron chi connectivity index (χ1n) is 26.2. The van der Waals surface area contributed by atoms with Crippen LogP contribution in [0.5, 0.6) is 0 Å². The number of carbonyl (C=O) groups excluding carboxylic acids is 4. The zero-order chi connectivity index (χ0) is 56.5. The van der Waals surface area contributed by atoms with Crippen LogP contribution in [-0.2, 0) is 55.5 Å². The fraction of sp³-hybridized carbons (Fsp3) is 0.771. The van der Waals surface area contributed by atoms with Gasteiger partial charge in [0.05, 0.1) is 19.5 Å². The number of aliphatic hydroxyl groups is 2. The van der Waals surface area contributed by atoms with Crippen molar-refractivity contribution in [3.05, 3.63) is 24.3 Å². The molecule has 2 aromatic rings. The number of thioether (sulfide) groups is 1. The van der Waals surface area contributed by atoms with Gasteiger partial charge in [-0.15, -0.1) is 0 Å². The number of aromatic nitrogens is 4. The van der Waals surface area contributed by atoms with Crippen LogP contribution in [0.15, 0.2) is 24.3 Å². The lowest BCUT2D eigenvalue weighted by molar-refractivity contribution is -0.137. The summed E-state index contributed by atoms with van der Waals surface area (Å²) >= 11 is 1.17. The summed E-state index contributed by atoms with van der Waals surface area (Å²) in [6, 6.07) is 0. The van der Waals surface area contributed by atoms with Crippen LogP contribution in [0.2, 0.25) is 0 Å². The van der Waals surface area contributed by atoms with Gasteiger partial charge in [0.1, 0.15) is 36.3 Å². The Morgan fingerprint density at radius 2 is 1.69 bits per heavy atom. The number of ether oxygens (including phenoxy) is 1. The quantitative estimate of drug-likeness (QED) is 0.0452. The van der Waals surface area contributed by atoms with E-state index in [1.807, 2.05) is 13.0 Å². The number of hydrogen-bond donors (Lipinski definition) is 9. The van der Waals surface area contributed by atoms with Crippen LogP contribution in [0.4, 0.5) is 5.82 Å². The topological polar surface area (TPSA) is 381 Å². The highest BCUT2D eigenvalue weighted by Gasteiger charge is 2.59. The van der Waals surface area contributed by atoms with E-state index in [0.29, 0.717) is 41.1 Å². The van der Waals surface area contributed by atoms with Crippen LogP contribution >= 0.6 is 35.2 Å². The summed E-state index contributed by atoms with van der Waals surface area (Å²) in [6.45, 7) is 9.88. The van der Waals surface area contributed by atoms with Gasteiger partial charge in [0, 0.05) is 43.0 Å². The lowest BCUT2D eigenvalue weighted by Gasteiger charge is -2.58. The Kier molecular flexibility index (Phi) is 19.7. The fourth-order valence-electron chi connectivity index (χ4n) is 13.0. The molecule has 0 spiro atoms. The molecule has 25 nitrogen and oxygen atoms in total. The van der Waals surface area contributed by atoms with Gasteiger partial charge in [-0.3, -0.25) is 37.3 Å². The maximum atomic E-state index is 13.0. The second kappa shape index (κ2) is 24.6. The first kappa shape index (κ1) is 61.6. The van der Waals surface area contributed by atoms with Crippen LogP contribution in [0.1, 0.15) is 125 Å². The molecule has 2 aromatic heterocycles. The molecule has 0 aromatic carbocycles. The zero-order valence-electron chi connectivity index (χ0n) is 44.3. The SMILES string of the molecule is C[C@H](CCC[C@H](C)C(=O)SCCNC(=O)CCNC(=O)[C@H](O)C(C)(C)COP(=O)(O)OP(=O)(O)OC[C@H]1O[C@@H](n2cnc3c(N)ncnc32)[C@H](O)[C@@H]1OP(=O)(O)O)[C@H]1CC[C@H]2[C@@H]3CCC4=CC(=O)CC[C@]4(C)[C@H]3CC[C@]12C. The molecule has 29 heteroatoms. The molecular formula is C48H76N7O18P3S. The third-order valence-corrected chi connectivity index (χ3v) is 21.4. The van der Waals surface area contributed by atoms with Crippen molar-refractivity contribution in [2.75, 3.05) is 37.8 Å². The molecule has 7 rings (SSSR count). The average molecular weight is 1160 g/mol. The molecule has 10 N–H and O–H groups in total. The smallest absolute Gasteiger partial charge is 0.386 e. The summed E-state index contributed by atoms with van der Waals surface area (Å²) in [5.74, 6) is 2.50. The summed E-state index contributed by atoms with van der Waals surface area (Å²) < 4.78 is 62.8. The van der Waals surface area contributed by atoms with Gasteiger partial charge < -0.3 is 50.9 Å². The Balaban J connectivity index is 0.762. The molecular weight excluding hydrogens is 1090 g/mol. The summed E-state index contributed by atoms with van der Waals surface area (Å²) in [7, 11) is -16.5. The van der Waals surface area contributed by atoms with Crippen LogP contribution < -0.4 is 16.4 Å². The van der Waals surface area contributed by atoms with Crippen LogP contribution in [0, 0.1) is 51.8 Å². The van der Waals surface area contributed by atoms with E-state index >= 15 is 0 Å². The highest BCUT2D eigenvalue weighted by molar-refractivity contribution is 8.13. The predicted molar refractivity (Wildman–Crippen MR) is 279 cm³/mol. The van der Waals surface area contributed by atoms with E-state index in [4.69, 9.17) is 19.5 Å². The van der Waals surface area contributed by atoms with E-state index in [2.05, 4.69) is 55.2 Å². The summed E-state index contributed by atoms with van der Waals surface area (Å²) in [6.07, 6.45) is 6.90. The molecule has 77 heavy (non-hydrogen) atoms. The molecule has 432 valence electrons. The van der Waals surface area contributed by atoms with E-state index in [9.17, 15) is 62.7 Å². The van der Waals surface area contributed by atoms with Crippen molar-refractivity contribution in [3.8, 4) is 0 Å². The van der Waals surface area contributed by atoms with Gasteiger partial charge in [0.25, 0.3) is 0 Å². The van der Waals surface area contributed by atoms with E-state index in [-0.39, 0.29) is 52.9 Å². The number of amides is 2. The first-order chi connectivity index (χ1) is 35.9. The third-order valence-electron chi connectivity index (χ3n) is 17.2. The Morgan fingerprint density at radius 1 is 0.961 bits per heavy atom. The Bertz CT molecular complexity index is 2680. The Morgan fingerprint density at radius 3 is 2.42 bits per heavy atom. The summed E-state index contributed by atoms with van der Waals surface area (Å²) in [5, 5.41) is 26.9. The molecule has 5 aliphatic rings. The van der Waals surface area contributed by atoms with Gasteiger partial charge in [-0.2, -0.15) is 4.31 Å². The number of imidazole rings is 1. The number of aliphatic hydroxyl groups excluding tert-OH is 2. The van der Waals surface area contributed by atoms with Crippen molar-refractivity contribution < 1.29 is 85.3 Å². The molecule has 3 heterocycles. The molecule has 4 aliphatic carbocycles. The molecule has 2 unspecified atom stereocenters. The number of ketones is 1. The average Bonchev–Trinajstić information content (AvgIpc) is 4.04. The third kappa shape index (κ3) is 14.5. The van der Waals surface area contributed by atoms with Gasteiger partial charge in [-0.05, 0) is 97.9 Å². The zero-order valence-corrected chi connectivity index (χ0v) is 47.8. The summed E-state index contributed by atoms with van der Waals surface area (Å²) in [5.41, 5.74) is 6.21. The normalized spacial score (nSPS) is 31.2. The van der Waals surface area contributed by atoms with Gasteiger partial charge >= 0.3 is 23.5 Å². The van der Waals surface area contributed by atoms with Gasteiger partial charge in [-0.25, -0.2) is 28.6 Å². The minimum Gasteiger partial charge on any atom is -0.386 e. The number of nitrogens with zero attached hydrogens (tertiary/aromatic N) is 4. The van der Waals surface area contributed by atoms with E-state index in [1.165, 1.54) is 63.3 Å². The lowest BCUT2D eigenvalue weighted by atomic mass is 9.46. The number of nitrogen functional groups attached to an aromatic ring is 1. The Labute approximate surface area is 451 Å². The largest absolute Gasteiger partial charge is 0.481 e. The van der Waals surface area contributed by atoms with Gasteiger partial charge in [0.15, 0.2) is 28.6 Å². The van der Waals surface area contributed by atoms with E-state index in [1.54, 1.807) is 0 Å². The maximum absolute atomic E-state index is 13.0. The standard InChI is InChI=1S/C48H76N7O18P3S/c1-27(32-12-13-33-31-11-10-29-22-30(56)14-17-47(29,5)34(31)15-18-48(32,33)6)8-7-9-28(2)45(61)77-21-20-50-36(57)16-19-51-43(60)40(59)46(3,4)24-70-76(67,68)73-75(65,66)69-23-35-39(72-74(62,63)64)38(58)44(71-35)55-26-54-37-41(49)52-25-53-42(37)55/h22,25-28,31-35,38-40,44,58-59H,7-21,23-24H2,1-6H3,(H,50,57)(H,51,60)(H,65,66)(H,67,68)(H2,49,52,53)(H2,62,63,64)/t27-,28+,31+,32-,33+,34+,35-,38-,39-,40+,44-,47+,48-/m1/s1. The van der Waals surface area contributed by atoms with Crippen molar-refractivity contribution in [2.24, 2.45) is 51.8 Å². The minimum atomic E-state index is -5.59. The monoisotopic (exact) mass is 1160 g/mol. The fourth-order valence-corrected chi connectivity index (χ4v) is 16.7. The number of fused-ring (bicyclic) bond motifs is 6. The number of allylic oxidation sites excluding steroid dienone is 1. The number of nitrogens with two attached hydrogens (primary N) is 1. The predicted octanol–water partition coefficient (Wildman–Crippen LogP) is 5.26. The van der Waals surface area contributed by atoms with Crippen LogP contribution in [-0.4, -0.2) is 128 Å². The highest BCUT2D eigenvalue weighted by atomic mass is 32.2. The van der Waals surface area contributed by atoms with Crippen molar-refractivity contribution in [3.63, 3.8) is 0 Å². The van der Waals surface area contributed by atoms with Crippen molar-refractivity contribution >= 4 is 74.9 Å². The van der Waals surface area contributed by atoms with Crippen molar-refractivity contribution in [2.45, 2.75) is 149 Å². The number of carbonyl (C=O) groups is 4. The molecule has 2 amide bonds. The number of nitrogens with one attached hydrogen (secondary N) is 2. The molecule has 1 saturated heterocycles. The van der Waals surface area contributed by atoms with Crippen LogP contribution in [0.25, 0.3) is 11.2 Å². The first-order valence-corrected chi connectivity index (χ1v) is 31.8. The second-order valence-electron chi connectivity index (χ2n) is 22.7. The van der Waals surface area contributed by atoms with E-state index < -0.39 is 84.6 Å². The maximum Gasteiger partial charge on any atom is 0.481 e. The van der Waals surface area contributed by atoms with Crippen molar-refractivity contribution in [1.82, 2.24) is 30.2 Å². The molecule has 15 atom stereocenters. The molecule has 0 bridgehead atoms. The molecule has 3 saturated carbocycles. The molecule has 0 radical (unpaired) electrons. The number of anilines is 1. The molecule has 1 aliphatic heterocycles. The van der Waals surface area contributed by atoms with Gasteiger partial charge in [0.2, 0.25) is 11.8 Å². The second-order valence-corrected chi connectivity index (χ2v) is 28.1. The Hall–Kier alpha value is -3.03. The number of rotatable bonds is 25. The minimum absolute atomic E-state index is 0.0312. The highest BCUT2D eigenvalue weighted by Crippen LogP contribution is 2.68. The number of phosphoric ester groups is 3.